The molecule has 2 nitrogen and oxygen atoms in total. The Hall–Kier alpha value is -1.80. The van der Waals surface area contributed by atoms with Gasteiger partial charge in [0.1, 0.15) is 5.92 Å². The zero-order valence-corrected chi connectivity index (χ0v) is 10.7. The van der Waals surface area contributed by atoms with Gasteiger partial charge in [0.2, 0.25) is 0 Å². The largest absolute Gasteiger partial charge is 0.481 e. The monoisotopic (exact) mass is 260 g/mol. The van der Waals surface area contributed by atoms with Crippen LogP contribution in [0.2, 0.25) is 5.02 Å². The summed E-state index contributed by atoms with van der Waals surface area (Å²) in [4.78, 5) is 11.5. The number of halogens is 1. The molecule has 2 aromatic rings. The molecular weight excluding hydrogens is 248 g/mol. The fraction of sp³-hybridized carbons (Fsp3) is 0.133. The van der Waals surface area contributed by atoms with E-state index in [1.54, 1.807) is 24.3 Å². The zero-order valence-electron chi connectivity index (χ0n) is 9.93. The SMILES string of the molecule is Cc1ccc(C(C(=O)O)c2cccc(Cl)c2)cc1. The Balaban J connectivity index is 2.46. The summed E-state index contributed by atoms with van der Waals surface area (Å²) in [5.41, 5.74) is 2.56. The van der Waals surface area contributed by atoms with E-state index < -0.39 is 11.9 Å². The molecule has 0 bridgehead atoms. The minimum Gasteiger partial charge on any atom is -0.481 e. The van der Waals surface area contributed by atoms with Gasteiger partial charge in [0.25, 0.3) is 0 Å². The number of benzene rings is 2. The highest BCUT2D eigenvalue weighted by atomic mass is 35.5. The van der Waals surface area contributed by atoms with Crippen molar-refractivity contribution in [1.29, 1.82) is 0 Å². The first-order valence-electron chi connectivity index (χ1n) is 5.63. The van der Waals surface area contributed by atoms with Crippen molar-refractivity contribution in [1.82, 2.24) is 0 Å². The second-order valence-corrected chi connectivity index (χ2v) is 4.67. The molecule has 0 amide bonds. The fourth-order valence-corrected chi connectivity index (χ4v) is 2.12. The third kappa shape index (κ3) is 2.71. The molecule has 0 aromatic heterocycles. The predicted molar refractivity (Wildman–Crippen MR) is 72.1 cm³/mol. The van der Waals surface area contributed by atoms with E-state index >= 15 is 0 Å². The highest BCUT2D eigenvalue weighted by molar-refractivity contribution is 6.30. The van der Waals surface area contributed by atoms with Crippen LogP contribution in [0.25, 0.3) is 0 Å². The highest BCUT2D eigenvalue weighted by Crippen LogP contribution is 2.27. The van der Waals surface area contributed by atoms with Gasteiger partial charge in [0.05, 0.1) is 0 Å². The number of aliphatic carboxylic acids is 1. The van der Waals surface area contributed by atoms with Crippen molar-refractivity contribution in [2.24, 2.45) is 0 Å². The van der Waals surface area contributed by atoms with Gasteiger partial charge < -0.3 is 5.11 Å². The number of hydrogen-bond acceptors (Lipinski definition) is 1. The summed E-state index contributed by atoms with van der Waals surface area (Å²) in [6, 6.07) is 14.5. The van der Waals surface area contributed by atoms with Gasteiger partial charge in [-0.25, -0.2) is 0 Å². The molecule has 1 N–H and O–H groups in total. The van der Waals surface area contributed by atoms with Crippen molar-refractivity contribution < 1.29 is 9.90 Å². The fourth-order valence-electron chi connectivity index (χ4n) is 1.92. The second kappa shape index (κ2) is 5.23. The molecule has 0 aliphatic heterocycles. The lowest BCUT2D eigenvalue weighted by molar-refractivity contribution is -0.137. The summed E-state index contributed by atoms with van der Waals surface area (Å²) in [5, 5.41) is 9.94. The summed E-state index contributed by atoms with van der Waals surface area (Å²) in [7, 11) is 0. The molecule has 1 unspecified atom stereocenters. The van der Waals surface area contributed by atoms with E-state index in [0.717, 1.165) is 11.1 Å². The average molecular weight is 261 g/mol. The van der Waals surface area contributed by atoms with Gasteiger partial charge in [-0.2, -0.15) is 0 Å². The van der Waals surface area contributed by atoms with Crippen LogP contribution in [0.1, 0.15) is 22.6 Å². The Morgan fingerprint density at radius 1 is 1.11 bits per heavy atom. The van der Waals surface area contributed by atoms with E-state index in [1.165, 1.54) is 0 Å². The highest BCUT2D eigenvalue weighted by Gasteiger charge is 2.21. The molecule has 0 radical (unpaired) electrons. The smallest absolute Gasteiger partial charge is 0.315 e. The van der Waals surface area contributed by atoms with Gasteiger partial charge in [-0.3, -0.25) is 4.79 Å². The Kier molecular flexibility index (Phi) is 3.68. The minimum absolute atomic E-state index is 0.547. The topological polar surface area (TPSA) is 37.3 Å². The van der Waals surface area contributed by atoms with Crippen LogP contribution in [-0.4, -0.2) is 11.1 Å². The Labute approximate surface area is 111 Å². The molecule has 0 aliphatic rings. The van der Waals surface area contributed by atoms with E-state index in [9.17, 15) is 9.90 Å². The lowest BCUT2D eigenvalue weighted by Crippen LogP contribution is -2.13. The average Bonchev–Trinajstić information content (AvgIpc) is 2.32. The standard InChI is InChI=1S/C15H13ClO2/c1-10-5-7-11(8-6-10)14(15(17)18)12-3-2-4-13(16)9-12/h2-9,14H,1H3,(H,17,18). The third-order valence-electron chi connectivity index (χ3n) is 2.84. The molecule has 0 spiro atoms. The third-order valence-corrected chi connectivity index (χ3v) is 3.07. The molecule has 0 saturated carbocycles. The Morgan fingerprint density at radius 3 is 2.33 bits per heavy atom. The van der Waals surface area contributed by atoms with Gasteiger partial charge in [0, 0.05) is 5.02 Å². The molecule has 0 aliphatic carbocycles. The first-order valence-corrected chi connectivity index (χ1v) is 6.00. The maximum atomic E-state index is 11.5. The molecule has 92 valence electrons. The van der Waals surface area contributed by atoms with Crippen LogP contribution in [0, 0.1) is 6.92 Å². The predicted octanol–water partition coefficient (Wildman–Crippen LogP) is 3.86. The molecule has 0 saturated heterocycles. The van der Waals surface area contributed by atoms with Crippen LogP contribution in [-0.2, 0) is 4.79 Å². The molecule has 3 heteroatoms. The second-order valence-electron chi connectivity index (χ2n) is 4.24. The first-order chi connectivity index (χ1) is 8.58. The van der Waals surface area contributed by atoms with Crippen molar-refractivity contribution >= 4 is 17.6 Å². The molecule has 2 aromatic carbocycles. The maximum absolute atomic E-state index is 11.5. The van der Waals surface area contributed by atoms with Crippen LogP contribution in [0.3, 0.4) is 0 Å². The summed E-state index contributed by atoms with van der Waals surface area (Å²) in [6.45, 7) is 1.97. The van der Waals surface area contributed by atoms with Crippen molar-refractivity contribution in [3.8, 4) is 0 Å². The molecule has 0 fully saturated rings. The van der Waals surface area contributed by atoms with E-state index in [-0.39, 0.29) is 0 Å². The van der Waals surface area contributed by atoms with Crippen LogP contribution >= 0.6 is 11.6 Å². The normalized spacial score (nSPS) is 12.1. The van der Waals surface area contributed by atoms with Crippen LogP contribution in [0.4, 0.5) is 0 Å². The molecule has 18 heavy (non-hydrogen) atoms. The van der Waals surface area contributed by atoms with Crippen molar-refractivity contribution in [3.05, 3.63) is 70.2 Å². The molecule has 2 rings (SSSR count). The lowest BCUT2D eigenvalue weighted by atomic mass is 9.91. The van der Waals surface area contributed by atoms with Gasteiger partial charge in [-0.05, 0) is 30.2 Å². The van der Waals surface area contributed by atoms with Crippen LogP contribution < -0.4 is 0 Å². The van der Waals surface area contributed by atoms with Gasteiger partial charge in [0.15, 0.2) is 0 Å². The minimum atomic E-state index is -0.874. The van der Waals surface area contributed by atoms with Crippen molar-refractivity contribution in [3.63, 3.8) is 0 Å². The van der Waals surface area contributed by atoms with Gasteiger partial charge >= 0.3 is 5.97 Å². The summed E-state index contributed by atoms with van der Waals surface area (Å²) in [6.07, 6.45) is 0. The van der Waals surface area contributed by atoms with Crippen molar-refractivity contribution in [2.45, 2.75) is 12.8 Å². The number of hydrogen-bond donors (Lipinski definition) is 1. The zero-order chi connectivity index (χ0) is 13.1. The summed E-state index contributed by atoms with van der Waals surface area (Å²) >= 11 is 5.91. The quantitative estimate of drug-likeness (QED) is 0.910. The van der Waals surface area contributed by atoms with E-state index in [2.05, 4.69) is 0 Å². The Morgan fingerprint density at radius 2 is 1.78 bits per heavy atom. The van der Waals surface area contributed by atoms with Gasteiger partial charge in [-0.15, -0.1) is 0 Å². The van der Waals surface area contributed by atoms with E-state index in [0.29, 0.717) is 10.6 Å². The number of carbonyl (C=O) groups is 1. The van der Waals surface area contributed by atoms with Gasteiger partial charge in [-0.1, -0.05) is 53.6 Å². The summed E-state index contributed by atoms with van der Waals surface area (Å²) < 4.78 is 0. The number of aryl methyl sites for hydroxylation is 1. The summed E-state index contributed by atoms with van der Waals surface area (Å²) in [5.74, 6) is -1.55. The molecule has 0 heterocycles. The molecular formula is C15H13ClO2. The number of rotatable bonds is 3. The molecule has 1 atom stereocenters. The van der Waals surface area contributed by atoms with Crippen molar-refractivity contribution in [2.75, 3.05) is 0 Å². The lowest BCUT2D eigenvalue weighted by Gasteiger charge is -2.13. The van der Waals surface area contributed by atoms with Crippen LogP contribution in [0.15, 0.2) is 48.5 Å². The Bertz CT molecular complexity index is 561. The van der Waals surface area contributed by atoms with Crippen LogP contribution in [0.5, 0.6) is 0 Å². The number of carboxylic acid groups (broad SMARTS) is 1. The maximum Gasteiger partial charge on any atom is 0.315 e. The van der Waals surface area contributed by atoms with E-state index in [4.69, 9.17) is 11.6 Å². The van der Waals surface area contributed by atoms with E-state index in [1.807, 2.05) is 31.2 Å². The number of carboxylic acids is 1. The first kappa shape index (κ1) is 12.7.